The van der Waals surface area contributed by atoms with Gasteiger partial charge < -0.3 is 10.2 Å². The smallest absolute Gasteiger partial charge is 0.243 e. The lowest BCUT2D eigenvalue weighted by atomic mass is 10.0. The average molecular weight is 222 g/mol. The van der Waals surface area contributed by atoms with E-state index in [1.165, 1.54) is 12.1 Å². The first-order valence-corrected chi connectivity index (χ1v) is 5.25. The van der Waals surface area contributed by atoms with Crippen molar-refractivity contribution in [3.05, 3.63) is 24.0 Å². The summed E-state index contributed by atoms with van der Waals surface area (Å²) in [5, 5.41) is 2.68. The predicted molar refractivity (Wildman–Crippen MR) is 62.1 cm³/mol. The number of nitrogens with one attached hydrogen (secondary N) is 1. The Bertz CT molecular complexity index is 437. The number of carbonyl (C=O) groups is 1. The van der Waals surface area contributed by atoms with E-state index in [0.717, 1.165) is 5.69 Å². The third kappa shape index (κ3) is 1.87. The summed E-state index contributed by atoms with van der Waals surface area (Å²) >= 11 is 0. The Labute approximate surface area is 94.3 Å². The number of halogens is 1. The van der Waals surface area contributed by atoms with Crippen LogP contribution in [0.4, 0.5) is 15.8 Å². The quantitative estimate of drug-likeness (QED) is 0.731. The fraction of sp³-hybridized carbons (Fsp3) is 0.417. The number of benzene rings is 1. The molecule has 16 heavy (non-hydrogen) atoms. The Kier molecular flexibility index (Phi) is 2.37. The summed E-state index contributed by atoms with van der Waals surface area (Å²) in [6, 6.07) is 4.47. The van der Waals surface area contributed by atoms with Crippen molar-refractivity contribution in [1.29, 1.82) is 0 Å². The molecule has 0 aliphatic carbocycles. The van der Waals surface area contributed by atoms with Gasteiger partial charge in [0, 0.05) is 5.54 Å². The maximum atomic E-state index is 13.1. The highest BCUT2D eigenvalue weighted by molar-refractivity contribution is 6.01. The molecule has 0 fully saturated rings. The van der Waals surface area contributed by atoms with Gasteiger partial charge in [0.1, 0.15) is 5.82 Å². The van der Waals surface area contributed by atoms with Gasteiger partial charge in [0.15, 0.2) is 0 Å². The molecule has 1 aliphatic rings. The Morgan fingerprint density at radius 3 is 2.69 bits per heavy atom. The van der Waals surface area contributed by atoms with E-state index in [-0.39, 0.29) is 17.3 Å². The molecule has 4 heteroatoms. The number of hydrogen-bond donors (Lipinski definition) is 1. The fourth-order valence-corrected chi connectivity index (χ4v) is 1.86. The highest BCUT2D eigenvalue weighted by atomic mass is 19.1. The van der Waals surface area contributed by atoms with E-state index in [2.05, 4.69) is 5.32 Å². The minimum absolute atomic E-state index is 0.104. The molecule has 1 heterocycles. The zero-order valence-electron chi connectivity index (χ0n) is 9.67. The highest BCUT2D eigenvalue weighted by Gasteiger charge is 2.30. The first-order chi connectivity index (χ1) is 7.38. The second kappa shape index (κ2) is 3.47. The van der Waals surface area contributed by atoms with E-state index in [1.807, 2.05) is 25.7 Å². The van der Waals surface area contributed by atoms with E-state index < -0.39 is 0 Å². The lowest BCUT2D eigenvalue weighted by Crippen LogP contribution is -2.48. The molecule has 0 aromatic heterocycles. The Hall–Kier alpha value is -1.58. The van der Waals surface area contributed by atoms with Crippen LogP contribution in [0.3, 0.4) is 0 Å². The Morgan fingerprint density at radius 2 is 2.06 bits per heavy atom. The zero-order valence-corrected chi connectivity index (χ0v) is 9.67. The number of anilines is 2. The zero-order chi connectivity index (χ0) is 11.9. The third-order valence-electron chi connectivity index (χ3n) is 2.63. The molecule has 0 saturated heterocycles. The van der Waals surface area contributed by atoms with Gasteiger partial charge in [0.2, 0.25) is 5.91 Å². The molecule has 1 aliphatic heterocycles. The van der Waals surface area contributed by atoms with Crippen LogP contribution in [-0.2, 0) is 4.79 Å². The molecule has 1 N–H and O–H groups in total. The normalized spacial score (nSPS) is 15.8. The third-order valence-corrected chi connectivity index (χ3v) is 2.63. The lowest BCUT2D eigenvalue weighted by molar-refractivity contribution is -0.115. The van der Waals surface area contributed by atoms with Crippen molar-refractivity contribution in [1.82, 2.24) is 0 Å². The second-order valence-electron chi connectivity index (χ2n) is 4.97. The number of amides is 1. The molecule has 0 atom stereocenters. The predicted octanol–water partition coefficient (Wildman–Crippen LogP) is 2.38. The van der Waals surface area contributed by atoms with Crippen LogP contribution in [0.1, 0.15) is 20.8 Å². The molecule has 1 amide bonds. The standard InChI is InChI=1S/C12H15FN2O/c1-12(2,3)15-7-11(16)14-9-6-8(13)4-5-10(9)15/h4-6H,7H2,1-3H3,(H,14,16). The monoisotopic (exact) mass is 222 g/mol. The molecule has 86 valence electrons. The van der Waals surface area contributed by atoms with Gasteiger partial charge >= 0.3 is 0 Å². The maximum Gasteiger partial charge on any atom is 0.243 e. The van der Waals surface area contributed by atoms with E-state index in [9.17, 15) is 9.18 Å². The molecule has 1 aromatic rings. The SMILES string of the molecule is CC(C)(C)N1CC(=O)Nc2cc(F)ccc21. The van der Waals surface area contributed by atoms with Gasteiger partial charge in [0.25, 0.3) is 0 Å². The fourth-order valence-electron chi connectivity index (χ4n) is 1.86. The van der Waals surface area contributed by atoms with Crippen LogP contribution in [-0.4, -0.2) is 18.0 Å². The topological polar surface area (TPSA) is 32.3 Å². The van der Waals surface area contributed by atoms with E-state index in [1.54, 1.807) is 6.07 Å². The first kappa shape index (κ1) is 10.9. The molecular weight excluding hydrogens is 207 g/mol. The van der Waals surface area contributed by atoms with Gasteiger partial charge in [-0.05, 0) is 39.0 Å². The molecule has 0 unspecified atom stereocenters. The summed E-state index contributed by atoms with van der Waals surface area (Å²) in [6.07, 6.45) is 0. The minimum atomic E-state index is -0.338. The largest absolute Gasteiger partial charge is 0.356 e. The molecule has 0 radical (unpaired) electrons. The van der Waals surface area contributed by atoms with Crippen molar-refractivity contribution in [3.8, 4) is 0 Å². The van der Waals surface area contributed by atoms with Crippen molar-refractivity contribution in [2.24, 2.45) is 0 Å². The lowest BCUT2D eigenvalue weighted by Gasteiger charge is -2.40. The van der Waals surface area contributed by atoms with Crippen LogP contribution in [0.25, 0.3) is 0 Å². The highest BCUT2D eigenvalue weighted by Crippen LogP contribution is 2.34. The van der Waals surface area contributed by atoms with E-state index >= 15 is 0 Å². The minimum Gasteiger partial charge on any atom is -0.356 e. The van der Waals surface area contributed by atoms with Gasteiger partial charge in [-0.15, -0.1) is 0 Å². The van der Waals surface area contributed by atoms with Gasteiger partial charge in [-0.3, -0.25) is 4.79 Å². The maximum absolute atomic E-state index is 13.1. The molecular formula is C12H15FN2O. The second-order valence-corrected chi connectivity index (χ2v) is 4.97. The molecule has 1 aromatic carbocycles. The van der Waals surface area contributed by atoms with Gasteiger partial charge in [-0.2, -0.15) is 0 Å². The summed E-state index contributed by atoms with van der Waals surface area (Å²) in [6.45, 7) is 6.39. The molecule has 3 nitrogen and oxygen atoms in total. The van der Waals surface area contributed by atoms with Crippen molar-refractivity contribution in [2.75, 3.05) is 16.8 Å². The summed E-state index contributed by atoms with van der Waals surface area (Å²) in [7, 11) is 0. The van der Waals surface area contributed by atoms with Crippen molar-refractivity contribution in [3.63, 3.8) is 0 Å². The summed E-state index contributed by atoms with van der Waals surface area (Å²) in [5.74, 6) is -0.442. The summed E-state index contributed by atoms with van der Waals surface area (Å²) in [4.78, 5) is 13.5. The van der Waals surface area contributed by atoms with Crippen LogP contribution < -0.4 is 10.2 Å². The molecule has 0 saturated carbocycles. The van der Waals surface area contributed by atoms with Crippen LogP contribution in [0, 0.1) is 5.82 Å². The van der Waals surface area contributed by atoms with E-state index in [0.29, 0.717) is 12.2 Å². The Balaban J connectivity index is 2.50. The molecule has 0 spiro atoms. The van der Waals surface area contributed by atoms with Crippen LogP contribution in [0.15, 0.2) is 18.2 Å². The number of rotatable bonds is 0. The van der Waals surface area contributed by atoms with Crippen molar-refractivity contribution in [2.45, 2.75) is 26.3 Å². The van der Waals surface area contributed by atoms with Crippen LogP contribution >= 0.6 is 0 Å². The first-order valence-electron chi connectivity index (χ1n) is 5.25. The number of nitrogens with zero attached hydrogens (tertiary/aromatic N) is 1. The Morgan fingerprint density at radius 1 is 1.38 bits per heavy atom. The van der Waals surface area contributed by atoms with Crippen molar-refractivity contribution >= 4 is 17.3 Å². The summed E-state index contributed by atoms with van der Waals surface area (Å²) < 4.78 is 13.1. The molecule has 0 bridgehead atoms. The van der Waals surface area contributed by atoms with Gasteiger partial charge in [-0.1, -0.05) is 0 Å². The molecule has 2 rings (SSSR count). The van der Waals surface area contributed by atoms with Crippen LogP contribution in [0.5, 0.6) is 0 Å². The number of carbonyl (C=O) groups excluding carboxylic acids is 1. The van der Waals surface area contributed by atoms with Crippen LogP contribution in [0.2, 0.25) is 0 Å². The summed E-state index contributed by atoms with van der Waals surface area (Å²) in [5.41, 5.74) is 1.25. The van der Waals surface area contributed by atoms with Gasteiger partial charge in [-0.25, -0.2) is 4.39 Å². The van der Waals surface area contributed by atoms with Crippen molar-refractivity contribution < 1.29 is 9.18 Å². The number of fused-ring (bicyclic) bond motifs is 1. The van der Waals surface area contributed by atoms with E-state index in [4.69, 9.17) is 0 Å². The average Bonchev–Trinajstić information content (AvgIpc) is 2.14. The van der Waals surface area contributed by atoms with Gasteiger partial charge in [0.05, 0.1) is 17.9 Å². The number of hydrogen-bond acceptors (Lipinski definition) is 2.